The van der Waals surface area contributed by atoms with E-state index in [9.17, 15) is 0 Å². The van der Waals surface area contributed by atoms with E-state index in [1.54, 1.807) is 0 Å². The van der Waals surface area contributed by atoms with Gasteiger partial charge in [-0.1, -0.05) is 366 Å². The van der Waals surface area contributed by atoms with E-state index in [0.717, 1.165) is 27.5 Å². The third-order valence-electron chi connectivity index (χ3n) is 27.9. The van der Waals surface area contributed by atoms with Crippen molar-refractivity contribution in [1.82, 2.24) is 18.3 Å². The Morgan fingerprint density at radius 1 is 0.222 bits per heavy atom. The van der Waals surface area contributed by atoms with Crippen LogP contribution in [0.1, 0.15) is 95.7 Å². The summed E-state index contributed by atoms with van der Waals surface area (Å²) in [4.78, 5) is 0. The van der Waals surface area contributed by atoms with Crippen molar-refractivity contribution in [3.63, 3.8) is 0 Å². The van der Waals surface area contributed by atoms with Crippen LogP contribution in [0.2, 0.25) is 0 Å². The average molecular weight is 1760 g/mol. The minimum absolute atomic E-state index is 0.0192. The number of thiophene rings is 1. The minimum Gasteiger partial charge on any atom is -0.456 e. The van der Waals surface area contributed by atoms with Crippen LogP contribution in [0.5, 0.6) is 0 Å². The molecule has 652 valence electrons. The van der Waals surface area contributed by atoms with Gasteiger partial charge in [-0.25, -0.2) is 0 Å². The summed E-state index contributed by atoms with van der Waals surface area (Å²) in [5.41, 5.74) is 39.2. The fourth-order valence-corrected chi connectivity index (χ4v) is 22.6. The Morgan fingerprint density at radius 2 is 0.630 bits per heavy atom. The number of rotatable bonds is 10. The lowest BCUT2D eigenvalue weighted by Gasteiger charge is -2.21. The van der Waals surface area contributed by atoms with Gasteiger partial charge in [-0.3, -0.25) is 0 Å². The molecule has 25 rings (SSSR count). The molecule has 0 radical (unpaired) electrons. The first kappa shape index (κ1) is 83.7. The number of hydrogen-bond donors (Lipinski definition) is 0. The lowest BCUT2D eigenvalue weighted by atomic mass is 9.84. The number of aromatic nitrogens is 4. The van der Waals surface area contributed by atoms with E-state index in [4.69, 9.17) is 4.42 Å². The molecule has 0 amide bonds. The smallest absolute Gasteiger partial charge is 0.136 e. The zero-order chi connectivity index (χ0) is 91.9. The van der Waals surface area contributed by atoms with E-state index in [-0.39, 0.29) is 16.2 Å². The summed E-state index contributed by atoms with van der Waals surface area (Å²) in [6, 6.07) is 151. The van der Waals surface area contributed by atoms with E-state index in [1.165, 1.54) is 225 Å². The topological polar surface area (TPSA) is 32.9 Å². The molecule has 6 aromatic heterocycles. The highest BCUT2D eigenvalue weighted by molar-refractivity contribution is 7.26. The second-order valence-electron chi connectivity index (χ2n) is 39.6. The first-order valence-electron chi connectivity index (χ1n) is 47.3. The Kier molecular flexibility index (Phi) is 20.5. The highest BCUT2D eigenvalue weighted by Gasteiger charge is 2.29. The van der Waals surface area contributed by atoms with Crippen LogP contribution in [-0.4, -0.2) is 18.3 Å². The van der Waals surface area contributed by atoms with E-state index < -0.39 is 0 Å². The molecule has 0 spiro atoms. The summed E-state index contributed by atoms with van der Waals surface area (Å²) < 4.78 is 18.7. The first-order chi connectivity index (χ1) is 65.6. The van der Waals surface area contributed by atoms with Gasteiger partial charge in [0.15, 0.2) is 0 Å². The van der Waals surface area contributed by atoms with Crippen molar-refractivity contribution in [3.05, 3.63) is 446 Å². The summed E-state index contributed by atoms with van der Waals surface area (Å²) in [6.45, 7) is 27.4. The van der Waals surface area contributed by atoms with Crippen LogP contribution < -0.4 is 0 Å². The molecule has 0 unspecified atom stereocenters. The molecule has 19 aromatic carbocycles. The maximum absolute atomic E-state index is 6.17. The maximum atomic E-state index is 6.17. The van der Waals surface area contributed by atoms with Crippen molar-refractivity contribution < 1.29 is 4.42 Å². The van der Waals surface area contributed by atoms with E-state index in [1.807, 2.05) is 23.5 Å². The van der Waals surface area contributed by atoms with Gasteiger partial charge in [0.25, 0.3) is 0 Å². The quantitative estimate of drug-likeness (QED) is 0.134. The molecule has 0 N–H and O–H groups in total. The van der Waals surface area contributed by atoms with Gasteiger partial charge < -0.3 is 22.7 Å². The zero-order valence-electron chi connectivity index (χ0n) is 78.4. The number of fused-ring (bicyclic) bond motifs is 18. The Morgan fingerprint density at radius 3 is 1.24 bits per heavy atom. The largest absolute Gasteiger partial charge is 0.456 e. The number of benzene rings is 19. The van der Waals surface area contributed by atoms with Crippen LogP contribution in [0.3, 0.4) is 0 Å². The molecule has 0 saturated carbocycles. The van der Waals surface area contributed by atoms with Crippen molar-refractivity contribution in [2.75, 3.05) is 0 Å². The third-order valence-corrected chi connectivity index (χ3v) is 29.0. The second kappa shape index (κ2) is 33.0. The van der Waals surface area contributed by atoms with Crippen LogP contribution >= 0.6 is 11.3 Å². The van der Waals surface area contributed by atoms with E-state index >= 15 is 0 Å². The summed E-state index contributed by atoms with van der Waals surface area (Å²) >= 11 is 1.87. The Hall–Kier alpha value is -15.6. The summed E-state index contributed by atoms with van der Waals surface area (Å²) in [7, 11) is 0. The molecular formula is C129H104N4OS. The highest BCUT2D eigenvalue weighted by atomic mass is 32.1. The monoisotopic (exact) mass is 1760 g/mol. The van der Waals surface area contributed by atoms with Gasteiger partial charge in [0.2, 0.25) is 0 Å². The van der Waals surface area contributed by atoms with Gasteiger partial charge in [0, 0.05) is 102 Å². The van der Waals surface area contributed by atoms with Crippen LogP contribution in [0, 0.1) is 20.8 Å². The molecule has 135 heavy (non-hydrogen) atoms. The number of para-hydroxylation sites is 7. The van der Waals surface area contributed by atoms with Crippen molar-refractivity contribution in [2.45, 2.75) is 99.3 Å². The lowest BCUT2D eigenvalue weighted by molar-refractivity contribution is 0.591. The molecule has 6 heterocycles. The van der Waals surface area contributed by atoms with Crippen molar-refractivity contribution >= 4 is 141 Å². The van der Waals surface area contributed by atoms with Crippen LogP contribution in [0.25, 0.3) is 219 Å². The van der Waals surface area contributed by atoms with Gasteiger partial charge in [0.05, 0.1) is 61.2 Å². The second-order valence-corrected chi connectivity index (χ2v) is 40.7. The van der Waals surface area contributed by atoms with Crippen molar-refractivity contribution in [3.8, 4) is 89.5 Å². The fourth-order valence-electron chi connectivity index (χ4n) is 21.5. The average Bonchev–Trinajstić information content (AvgIpc) is 1.55. The Balaban J connectivity index is 0.000000114. The number of hydrogen-bond acceptors (Lipinski definition) is 2. The SMILES string of the molecule is Cc1ccc2c3ccc(C(C)(C)C)cc3n(-c3ccccc3-c3cccc(-c4cccc5sc6ccccc6c45)c3)c2c1.Cc1cccc2c1c1c(C(C)(C)C)cccc1n2-c1ccccc1-c1ccc(-c2ccc3c(c2)oc2ccccc23)cc1.Cc1cccc2c1c1c(C(C)(C)C)cccc1n2-c1ccccc1-c1ccc(-c2cccc3c4ccccc4n(-c4ccccc4)c23)cc1. The maximum Gasteiger partial charge on any atom is 0.136 e. The van der Waals surface area contributed by atoms with Gasteiger partial charge in [-0.05, 0) is 224 Å². The minimum atomic E-state index is 0.0192. The predicted octanol–water partition coefficient (Wildman–Crippen LogP) is 36.5. The Bertz CT molecular complexity index is 9000. The van der Waals surface area contributed by atoms with Gasteiger partial charge in [-0.15, -0.1) is 11.3 Å². The zero-order valence-corrected chi connectivity index (χ0v) is 79.2. The lowest BCUT2D eigenvalue weighted by Crippen LogP contribution is -2.11. The molecule has 0 aliphatic carbocycles. The molecule has 6 heteroatoms. The molecule has 0 saturated heterocycles. The number of aryl methyl sites for hydroxylation is 3. The van der Waals surface area contributed by atoms with E-state index in [0.29, 0.717) is 0 Å². The summed E-state index contributed by atoms with van der Waals surface area (Å²) in [5, 5.41) is 15.5. The molecule has 25 aromatic rings. The molecule has 5 nitrogen and oxygen atoms in total. The molecule has 0 bridgehead atoms. The van der Waals surface area contributed by atoms with Gasteiger partial charge in [0.1, 0.15) is 11.2 Å². The van der Waals surface area contributed by atoms with Gasteiger partial charge >= 0.3 is 0 Å². The fraction of sp³-hybridized carbons (Fsp3) is 0.116. The summed E-state index contributed by atoms with van der Waals surface area (Å²) in [6.07, 6.45) is 0. The van der Waals surface area contributed by atoms with Crippen LogP contribution in [0.4, 0.5) is 0 Å². The molecule has 0 aliphatic heterocycles. The molecule has 0 fully saturated rings. The normalized spacial score (nSPS) is 12.1. The van der Waals surface area contributed by atoms with Crippen LogP contribution in [0.15, 0.2) is 417 Å². The molecular weight excluding hydrogens is 1650 g/mol. The van der Waals surface area contributed by atoms with Crippen LogP contribution in [-0.2, 0) is 16.2 Å². The van der Waals surface area contributed by atoms with Crippen molar-refractivity contribution in [2.24, 2.45) is 0 Å². The standard InChI is InChI=1S/C47H38N2.C41H33NO.C41H33NS/c1-31-15-12-25-42-44(31)45-39(47(2,3)4)22-14-26-43(45)49(42)40-23-10-8-18-35(40)32-27-29-33(30-28-32)36-20-13-21-38-37-19-9-11-24-41(37)48(46(36)38)34-16-6-5-7-17-34;1-26-11-9-16-35-39(26)40-33(41(2,3)4)14-10-17-36(40)42(35)34-15-7-5-12-30(34)28-21-19-27(20-22-28)29-23-24-32-31-13-6-8-18-37(31)43-38(32)25-29;1-26-19-21-32-33-22-20-29(41(2,3)4)25-37(33)42(36(32)23-26)35-16-7-5-13-30(35)27-11-9-12-28(24-27)31-15-10-18-39-40(31)34-14-6-8-17-38(34)43-39/h5-30H,1-4H3;2*5-25H,1-4H3. The van der Waals surface area contributed by atoms with E-state index in [2.05, 4.69) is 502 Å². The third kappa shape index (κ3) is 14.4. The Labute approximate surface area is 792 Å². The number of furan rings is 1. The van der Waals surface area contributed by atoms with Gasteiger partial charge in [-0.2, -0.15) is 0 Å². The summed E-state index contributed by atoms with van der Waals surface area (Å²) in [5.74, 6) is 0. The molecule has 0 aliphatic rings. The van der Waals surface area contributed by atoms with Crippen molar-refractivity contribution in [1.29, 1.82) is 0 Å². The molecule has 0 atom stereocenters. The predicted molar refractivity (Wildman–Crippen MR) is 580 cm³/mol. The first-order valence-corrected chi connectivity index (χ1v) is 48.1. The highest BCUT2D eigenvalue weighted by Crippen LogP contribution is 2.49. The number of nitrogens with zero attached hydrogens (tertiary/aromatic N) is 4.